The van der Waals surface area contributed by atoms with E-state index in [-0.39, 0.29) is 5.91 Å². The van der Waals surface area contributed by atoms with Crippen LogP contribution in [0, 0.1) is 6.92 Å². The summed E-state index contributed by atoms with van der Waals surface area (Å²) in [7, 11) is 0. The molecule has 0 aromatic heterocycles. The third-order valence-corrected chi connectivity index (χ3v) is 4.14. The van der Waals surface area contributed by atoms with Crippen molar-refractivity contribution in [3.8, 4) is 0 Å². The second-order valence-electron chi connectivity index (χ2n) is 4.19. The smallest absolute Gasteiger partial charge is 0.251 e. The summed E-state index contributed by atoms with van der Waals surface area (Å²) in [4.78, 5) is 12.1. The van der Waals surface area contributed by atoms with Gasteiger partial charge in [0.05, 0.1) is 0 Å². The average Bonchev–Trinajstić information content (AvgIpc) is 2.40. The lowest BCUT2D eigenvalue weighted by Gasteiger charge is -2.09. The first-order chi connectivity index (χ1) is 9.09. The quantitative estimate of drug-likeness (QED) is 0.886. The second kappa shape index (κ2) is 6.22. The van der Waals surface area contributed by atoms with Crippen molar-refractivity contribution in [2.45, 2.75) is 13.5 Å². The predicted molar refractivity (Wildman–Crippen MR) is 81.5 cm³/mol. The van der Waals surface area contributed by atoms with Gasteiger partial charge in [-0.25, -0.2) is 0 Å². The maximum Gasteiger partial charge on any atom is 0.251 e. The number of halogens is 2. The molecule has 2 rings (SSSR count). The van der Waals surface area contributed by atoms with Gasteiger partial charge in [0.1, 0.15) is 0 Å². The Bertz CT molecular complexity index is 613. The van der Waals surface area contributed by atoms with E-state index in [0.29, 0.717) is 17.1 Å². The van der Waals surface area contributed by atoms with Crippen LogP contribution in [-0.2, 0) is 6.54 Å². The molecule has 1 amide bonds. The van der Waals surface area contributed by atoms with Gasteiger partial charge in [0.15, 0.2) is 0 Å². The molecular formula is C15H13BrClNO. The molecule has 2 aromatic carbocycles. The second-order valence-corrected chi connectivity index (χ2v) is 5.45. The normalized spacial score (nSPS) is 10.3. The van der Waals surface area contributed by atoms with Crippen molar-refractivity contribution in [1.29, 1.82) is 0 Å². The van der Waals surface area contributed by atoms with Crippen molar-refractivity contribution >= 4 is 33.4 Å². The number of amides is 1. The van der Waals surface area contributed by atoms with Crippen LogP contribution in [-0.4, -0.2) is 5.91 Å². The molecule has 1 N–H and O–H groups in total. The highest BCUT2D eigenvalue weighted by atomic mass is 79.9. The Balaban J connectivity index is 2.10. The molecule has 2 aromatic rings. The molecule has 0 aliphatic carbocycles. The molecule has 0 spiro atoms. The zero-order valence-corrected chi connectivity index (χ0v) is 12.8. The monoisotopic (exact) mass is 337 g/mol. The highest BCUT2D eigenvalue weighted by molar-refractivity contribution is 9.10. The van der Waals surface area contributed by atoms with E-state index in [1.807, 2.05) is 49.4 Å². The van der Waals surface area contributed by atoms with Crippen LogP contribution >= 0.6 is 27.5 Å². The lowest BCUT2D eigenvalue weighted by molar-refractivity contribution is 0.0950. The third kappa shape index (κ3) is 3.37. The van der Waals surface area contributed by atoms with Crippen LogP contribution in [0.4, 0.5) is 0 Å². The zero-order valence-electron chi connectivity index (χ0n) is 10.4. The summed E-state index contributed by atoms with van der Waals surface area (Å²) in [5, 5.41) is 3.54. The molecule has 0 atom stereocenters. The lowest BCUT2D eigenvalue weighted by atomic mass is 10.1. The van der Waals surface area contributed by atoms with Gasteiger partial charge in [-0.3, -0.25) is 4.79 Å². The van der Waals surface area contributed by atoms with Crippen LogP contribution in [0.1, 0.15) is 21.5 Å². The van der Waals surface area contributed by atoms with Crippen molar-refractivity contribution in [2.75, 3.05) is 0 Å². The molecule has 98 valence electrons. The number of hydrogen-bond donors (Lipinski definition) is 1. The zero-order chi connectivity index (χ0) is 13.8. The van der Waals surface area contributed by atoms with E-state index < -0.39 is 0 Å². The van der Waals surface area contributed by atoms with Crippen LogP contribution < -0.4 is 5.32 Å². The van der Waals surface area contributed by atoms with E-state index in [1.165, 1.54) is 0 Å². The van der Waals surface area contributed by atoms with E-state index in [4.69, 9.17) is 11.6 Å². The summed E-state index contributed by atoms with van der Waals surface area (Å²) in [5.74, 6) is -0.0984. The molecule has 4 heteroatoms. The highest BCUT2D eigenvalue weighted by Crippen LogP contribution is 2.20. The van der Waals surface area contributed by atoms with Crippen molar-refractivity contribution in [2.24, 2.45) is 0 Å². The minimum atomic E-state index is -0.0984. The molecule has 0 radical (unpaired) electrons. The summed E-state index contributed by atoms with van der Waals surface area (Å²) >= 11 is 9.47. The Morgan fingerprint density at radius 2 is 1.95 bits per heavy atom. The van der Waals surface area contributed by atoms with Gasteiger partial charge in [-0.1, -0.05) is 51.8 Å². The van der Waals surface area contributed by atoms with E-state index >= 15 is 0 Å². The van der Waals surface area contributed by atoms with Gasteiger partial charge in [-0.15, -0.1) is 0 Å². The fourth-order valence-corrected chi connectivity index (χ4v) is 2.33. The van der Waals surface area contributed by atoms with Crippen molar-refractivity contribution in [3.05, 3.63) is 68.7 Å². The van der Waals surface area contributed by atoms with E-state index in [2.05, 4.69) is 21.2 Å². The Labute approximate surface area is 125 Å². The number of rotatable bonds is 3. The van der Waals surface area contributed by atoms with Crippen LogP contribution in [0.25, 0.3) is 0 Å². The molecule has 19 heavy (non-hydrogen) atoms. The van der Waals surface area contributed by atoms with Crippen molar-refractivity contribution < 1.29 is 4.79 Å². The summed E-state index contributed by atoms with van der Waals surface area (Å²) in [6, 6.07) is 13.1. The van der Waals surface area contributed by atoms with Crippen LogP contribution in [0.3, 0.4) is 0 Å². The molecular weight excluding hydrogens is 326 g/mol. The first kappa shape index (κ1) is 14.1. The predicted octanol–water partition coefficient (Wildman–Crippen LogP) is 4.34. The molecule has 0 aliphatic heterocycles. The number of carbonyl (C=O) groups is 1. The number of carbonyl (C=O) groups excluding carboxylic acids is 1. The lowest BCUT2D eigenvalue weighted by Crippen LogP contribution is -2.23. The highest BCUT2D eigenvalue weighted by Gasteiger charge is 2.10. The maximum atomic E-state index is 12.1. The fourth-order valence-electron chi connectivity index (χ4n) is 1.77. The molecule has 0 bridgehead atoms. The first-order valence-corrected chi connectivity index (χ1v) is 7.03. The number of nitrogens with one attached hydrogen (secondary N) is 1. The minimum absolute atomic E-state index is 0.0984. The minimum Gasteiger partial charge on any atom is -0.348 e. The van der Waals surface area contributed by atoms with Gasteiger partial charge in [0.2, 0.25) is 0 Å². The molecule has 0 aliphatic rings. The van der Waals surface area contributed by atoms with Crippen molar-refractivity contribution in [1.82, 2.24) is 5.32 Å². The van der Waals surface area contributed by atoms with E-state index in [9.17, 15) is 4.79 Å². The van der Waals surface area contributed by atoms with Gasteiger partial charge in [-0.05, 0) is 36.2 Å². The van der Waals surface area contributed by atoms with Gasteiger partial charge in [0, 0.05) is 21.6 Å². The topological polar surface area (TPSA) is 29.1 Å². The van der Waals surface area contributed by atoms with Gasteiger partial charge in [-0.2, -0.15) is 0 Å². The Hall–Kier alpha value is -1.32. The fraction of sp³-hybridized carbons (Fsp3) is 0.133. The summed E-state index contributed by atoms with van der Waals surface area (Å²) in [6.45, 7) is 2.33. The van der Waals surface area contributed by atoms with Gasteiger partial charge < -0.3 is 5.32 Å². The molecule has 0 heterocycles. The summed E-state index contributed by atoms with van der Waals surface area (Å²) in [6.07, 6.45) is 0. The molecule has 0 saturated carbocycles. The summed E-state index contributed by atoms with van der Waals surface area (Å²) in [5.41, 5.74) is 2.51. The van der Waals surface area contributed by atoms with Gasteiger partial charge in [0.25, 0.3) is 5.91 Å². The van der Waals surface area contributed by atoms with E-state index in [0.717, 1.165) is 15.6 Å². The molecule has 0 unspecified atom stereocenters. The van der Waals surface area contributed by atoms with Crippen LogP contribution in [0.5, 0.6) is 0 Å². The van der Waals surface area contributed by atoms with Crippen molar-refractivity contribution in [3.63, 3.8) is 0 Å². The van der Waals surface area contributed by atoms with Gasteiger partial charge >= 0.3 is 0 Å². The maximum absolute atomic E-state index is 12.1. The first-order valence-electron chi connectivity index (χ1n) is 5.86. The Morgan fingerprint density at radius 1 is 1.21 bits per heavy atom. The average molecular weight is 339 g/mol. The van der Waals surface area contributed by atoms with E-state index in [1.54, 1.807) is 0 Å². The standard InChI is InChI=1S/C15H13BrClNO/c1-10-12(6-4-7-13(10)16)15(19)18-9-11-5-2-3-8-14(11)17/h2-8H,9H2,1H3,(H,18,19). The number of benzene rings is 2. The molecule has 0 saturated heterocycles. The third-order valence-electron chi connectivity index (χ3n) is 2.91. The number of hydrogen-bond acceptors (Lipinski definition) is 1. The summed E-state index contributed by atoms with van der Waals surface area (Å²) < 4.78 is 0.929. The van der Waals surface area contributed by atoms with Crippen LogP contribution in [0.15, 0.2) is 46.9 Å². The molecule has 0 fully saturated rings. The van der Waals surface area contributed by atoms with Crippen LogP contribution in [0.2, 0.25) is 5.02 Å². The Morgan fingerprint density at radius 3 is 2.68 bits per heavy atom. The Kier molecular flexibility index (Phi) is 4.61. The SMILES string of the molecule is Cc1c(Br)cccc1C(=O)NCc1ccccc1Cl. The molecule has 2 nitrogen and oxygen atoms in total. The largest absolute Gasteiger partial charge is 0.348 e.